The van der Waals surface area contributed by atoms with Gasteiger partial charge in [0, 0.05) is 11.8 Å². The number of imidazole rings is 1. The van der Waals surface area contributed by atoms with E-state index in [-0.39, 0.29) is 0 Å². The Morgan fingerprint density at radius 3 is 2.57 bits per heavy atom. The SMILES string of the molecule is Cc1ccc(-c2cn(CCl)cn2)cc1. The monoisotopic (exact) mass is 206 g/mol. The summed E-state index contributed by atoms with van der Waals surface area (Å²) in [7, 11) is 0. The van der Waals surface area contributed by atoms with Crippen LogP contribution in [0, 0.1) is 6.92 Å². The third kappa shape index (κ3) is 1.80. The normalized spacial score (nSPS) is 10.4. The molecule has 0 radical (unpaired) electrons. The molecule has 0 aliphatic heterocycles. The van der Waals surface area contributed by atoms with Gasteiger partial charge in [0.1, 0.15) is 0 Å². The summed E-state index contributed by atoms with van der Waals surface area (Å²) in [6.07, 6.45) is 3.68. The van der Waals surface area contributed by atoms with E-state index in [1.54, 1.807) is 6.33 Å². The third-order valence-corrected chi connectivity index (χ3v) is 2.39. The van der Waals surface area contributed by atoms with E-state index in [9.17, 15) is 0 Å². The van der Waals surface area contributed by atoms with Gasteiger partial charge in [-0.2, -0.15) is 0 Å². The Morgan fingerprint density at radius 2 is 2.00 bits per heavy atom. The molecule has 0 N–H and O–H groups in total. The molecule has 2 nitrogen and oxygen atoms in total. The predicted octanol–water partition coefficient (Wildman–Crippen LogP) is 3.05. The zero-order valence-corrected chi connectivity index (χ0v) is 8.70. The minimum atomic E-state index is 0.443. The number of alkyl halides is 1. The van der Waals surface area contributed by atoms with Gasteiger partial charge in [0.2, 0.25) is 0 Å². The van der Waals surface area contributed by atoms with E-state index < -0.39 is 0 Å². The Hall–Kier alpha value is -1.28. The van der Waals surface area contributed by atoms with Crippen LogP contribution in [0.3, 0.4) is 0 Å². The largest absolute Gasteiger partial charge is 0.323 e. The zero-order chi connectivity index (χ0) is 9.97. The molecule has 0 aliphatic carbocycles. The minimum Gasteiger partial charge on any atom is -0.323 e. The van der Waals surface area contributed by atoms with Crippen molar-refractivity contribution in [1.29, 1.82) is 0 Å². The molecule has 72 valence electrons. The van der Waals surface area contributed by atoms with Crippen molar-refractivity contribution < 1.29 is 0 Å². The van der Waals surface area contributed by atoms with Crippen molar-refractivity contribution in [2.24, 2.45) is 0 Å². The van der Waals surface area contributed by atoms with Crippen molar-refractivity contribution in [1.82, 2.24) is 9.55 Å². The Kier molecular flexibility index (Phi) is 2.55. The summed E-state index contributed by atoms with van der Waals surface area (Å²) >= 11 is 5.68. The number of hydrogen-bond acceptors (Lipinski definition) is 1. The predicted molar refractivity (Wildman–Crippen MR) is 58.3 cm³/mol. The van der Waals surface area contributed by atoms with Crippen molar-refractivity contribution in [3.63, 3.8) is 0 Å². The molecule has 3 heteroatoms. The molecule has 0 fully saturated rings. The maximum Gasteiger partial charge on any atom is 0.0981 e. The second-order valence-corrected chi connectivity index (χ2v) is 3.50. The number of rotatable bonds is 2. The van der Waals surface area contributed by atoms with Gasteiger partial charge in [0.15, 0.2) is 0 Å². The average Bonchev–Trinajstić information content (AvgIpc) is 2.67. The Bertz CT molecular complexity index is 417. The van der Waals surface area contributed by atoms with Crippen molar-refractivity contribution in [3.8, 4) is 11.3 Å². The summed E-state index contributed by atoms with van der Waals surface area (Å²) in [6, 6.07) is 8.73. The van der Waals surface area contributed by atoms with Crippen LogP contribution in [0.25, 0.3) is 11.3 Å². The number of nitrogens with zero attached hydrogens (tertiary/aromatic N) is 2. The van der Waals surface area contributed by atoms with E-state index in [0.29, 0.717) is 6.00 Å². The fraction of sp³-hybridized carbons (Fsp3) is 0.182. The maximum absolute atomic E-state index is 5.68. The number of aromatic nitrogens is 2. The second-order valence-electron chi connectivity index (χ2n) is 3.26. The molecular weight excluding hydrogens is 196 g/mol. The number of hydrogen-bond donors (Lipinski definition) is 0. The van der Waals surface area contributed by atoms with E-state index in [0.717, 1.165) is 11.3 Å². The van der Waals surface area contributed by atoms with Gasteiger partial charge in [-0.05, 0) is 6.92 Å². The number of halogens is 1. The van der Waals surface area contributed by atoms with Gasteiger partial charge in [-0.15, -0.1) is 11.6 Å². The van der Waals surface area contributed by atoms with Gasteiger partial charge >= 0.3 is 0 Å². The van der Waals surface area contributed by atoms with Crippen LogP contribution in [-0.2, 0) is 6.00 Å². The summed E-state index contributed by atoms with van der Waals surface area (Å²) in [4.78, 5) is 4.27. The molecule has 0 atom stereocenters. The van der Waals surface area contributed by atoms with Crippen LogP contribution >= 0.6 is 11.6 Å². The van der Waals surface area contributed by atoms with E-state index in [4.69, 9.17) is 11.6 Å². The Balaban J connectivity index is 2.34. The van der Waals surface area contributed by atoms with Crippen LogP contribution in [0.2, 0.25) is 0 Å². The molecule has 2 aromatic rings. The van der Waals surface area contributed by atoms with Crippen LogP contribution < -0.4 is 0 Å². The van der Waals surface area contributed by atoms with Gasteiger partial charge in [-0.25, -0.2) is 4.98 Å². The lowest BCUT2D eigenvalue weighted by Gasteiger charge is -1.96. The summed E-state index contributed by atoms with van der Waals surface area (Å²) in [5.41, 5.74) is 3.34. The van der Waals surface area contributed by atoms with Crippen LogP contribution in [0.5, 0.6) is 0 Å². The summed E-state index contributed by atoms with van der Waals surface area (Å²) in [6.45, 7) is 2.07. The Morgan fingerprint density at radius 1 is 1.29 bits per heavy atom. The lowest BCUT2D eigenvalue weighted by Crippen LogP contribution is -1.84. The molecule has 0 amide bonds. The van der Waals surface area contributed by atoms with E-state index in [2.05, 4.69) is 36.2 Å². The molecule has 1 aromatic heterocycles. The summed E-state index contributed by atoms with van der Waals surface area (Å²) < 4.78 is 1.84. The lowest BCUT2D eigenvalue weighted by atomic mass is 10.1. The summed E-state index contributed by atoms with van der Waals surface area (Å²) in [5.74, 6) is 0. The molecule has 0 spiro atoms. The second kappa shape index (κ2) is 3.84. The van der Waals surface area contributed by atoms with Crippen molar-refractivity contribution in [2.45, 2.75) is 12.9 Å². The lowest BCUT2D eigenvalue weighted by molar-refractivity contribution is 0.881. The minimum absolute atomic E-state index is 0.443. The fourth-order valence-corrected chi connectivity index (χ4v) is 1.43. The highest BCUT2D eigenvalue weighted by atomic mass is 35.5. The first kappa shape index (κ1) is 9.28. The van der Waals surface area contributed by atoms with Crippen molar-refractivity contribution >= 4 is 11.6 Å². The molecule has 1 heterocycles. The van der Waals surface area contributed by atoms with E-state index in [1.807, 2.05) is 10.8 Å². The van der Waals surface area contributed by atoms with Gasteiger partial charge in [-0.1, -0.05) is 29.8 Å². The molecule has 14 heavy (non-hydrogen) atoms. The third-order valence-electron chi connectivity index (χ3n) is 2.12. The smallest absolute Gasteiger partial charge is 0.0981 e. The molecule has 0 aliphatic rings. The quantitative estimate of drug-likeness (QED) is 0.691. The molecule has 2 rings (SSSR count). The van der Waals surface area contributed by atoms with Crippen molar-refractivity contribution in [2.75, 3.05) is 0 Å². The molecule has 0 bridgehead atoms. The topological polar surface area (TPSA) is 17.8 Å². The highest BCUT2D eigenvalue weighted by Crippen LogP contribution is 2.17. The van der Waals surface area contributed by atoms with Crippen LogP contribution in [0.4, 0.5) is 0 Å². The summed E-state index contributed by atoms with van der Waals surface area (Å²) in [5, 5.41) is 0. The van der Waals surface area contributed by atoms with Gasteiger partial charge in [0.05, 0.1) is 18.0 Å². The van der Waals surface area contributed by atoms with E-state index in [1.165, 1.54) is 5.56 Å². The standard InChI is InChI=1S/C11H11ClN2/c1-9-2-4-10(5-3-9)11-6-14(7-12)8-13-11/h2-6,8H,7H2,1H3. The van der Waals surface area contributed by atoms with Gasteiger partial charge < -0.3 is 4.57 Å². The molecule has 1 aromatic carbocycles. The number of aryl methyl sites for hydroxylation is 1. The fourth-order valence-electron chi connectivity index (χ4n) is 1.30. The molecule has 0 saturated carbocycles. The molecule has 0 saturated heterocycles. The maximum atomic E-state index is 5.68. The molecular formula is C11H11ClN2. The van der Waals surface area contributed by atoms with Gasteiger partial charge in [0.25, 0.3) is 0 Å². The average molecular weight is 207 g/mol. The number of benzene rings is 1. The Labute approximate surface area is 88.2 Å². The highest BCUT2D eigenvalue weighted by molar-refractivity contribution is 6.15. The highest BCUT2D eigenvalue weighted by Gasteiger charge is 2.00. The van der Waals surface area contributed by atoms with Crippen molar-refractivity contribution in [3.05, 3.63) is 42.4 Å². The molecule has 0 unspecified atom stereocenters. The van der Waals surface area contributed by atoms with Gasteiger partial charge in [-0.3, -0.25) is 0 Å². The van der Waals surface area contributed by atoms with Crippen LogP contribution in [-0.4, -0.2) is 9.55 Å². The first-order valence-electron chi connectivity index (χ1n) is 4.44. The first-order valence-corrected chi connectivity index (χ1v) is 4.98. The van der Waals surface area contributed by atoms with E-state index >= 15 is 0 Å². The van der Waals surface area contributed by atoms with Crippen LogP contribution in [0.1, 0.15) is 5.56 Å². The zero-order valence-electron chi connectivity index (χ0n) is 7.94. The first-order chi connectivity index (χ1) is 6.79. The van der Waals surface area contributed by atoms with Crippen LogP contribution in [0.15, 0.2) is 36.8 Å².